The normalized spacial score (nSPS) is 21.3. The van der Waals surface area contributed by atoms with Crippen molar-refractivity contribution < 1.29 is 9.90 Å². The van der Waals surface area contributed by atoms with Crippen LogP contribution in [0.4, 0.5) is 0 Å². The standard InChI is InChI=1S/C16H20ClNO2/c17-13-5-1-11(2-6-13)14(19)9-15(20)18-10-16(7-8-16)12-3-4-12/h1-2,5-6,12,14,19H,3-4,7-10H2,(H,18,20). The van der Waals surface area contributed by atoms with E-state index in [4.69, 9.17) is 11.6 Å². The Kier molecular flexibility index (Phi) is 3.74. The predicted octanol–water partition coefficient (Wildman–Crippen LogP) is 3.07. The zero-order valence-corrected chi connectivity index (χ0v) is 12.2. The van der Waals surface area contributed by atoms with Gasteiger partial charge in [-0.15, -0.1) is 0 Å². The molecule has 0 saturated heterocycles. The lowest BCUT2D eigenvalue weighted by atomic mass is 10.0. The van der Waals surface area contributed by atoms with Gasteiger partial charge in [-0.3, -0.25) is 4.79 Å². The molecule has 2 aliphatic carbocycles. The lowest BCUT2D eigenvalue weighted by Gasteiger charge is -2.16. The SMILES string of the molecule is O=C(CC(O)c1ccc(Cl)cc1)NCC1(C2CC2)CC1. The van der Waals surface area contributed by atoms with Crippen LogP contribution in [0.25, 0.3) is 0 Å². The van der Waals surface area contributed by atoms with Crippen LogP contribution in [0.2, 0.25) is 5.02 Å². The second-order valence-corrected chi connectivity index (χ2v) is 6.62. The van der Waals surface area contributed by atoms with Gasteiger partial charge >= 0.3 is 0 Å². The lowest BCUT2D eigenvalue weighted by molar-refractivity contribution is -0.123. The third-order valence-corrected chi connectivity index (χ3v) is 4.86. The van der Waals surface area contributed by atoms with Gasteiger partial charge in [0.1, 0.15) is 0 Å². The fourth-order valence-electron chi connectivity index (χ4n) is 2.91. The van der Waals surface area contributed by atoms with Crippen molar-refractivity contribution in [3.05, 3.63) is 34.9 Å². The number of carbonyl (C=O) groups is 1. The molecule has 108 valence electrons. The summed E-state index contributed by atoms with van der Waals surface area (Å²) < 4.78 is 0. The maximum atomic E-state index is 11.9. The van der Waals surface area contributed by atoms with Crippen LogP contribution < -0.4 is 5.32 Å². The summed E-state index contributed by atoms with van der Waals surface area (Å²) in [6.45, 7) is 0.782. The highest BCUT2D eigenvalue weighted by Crippen LogP contribution is 2.60. The number of nitrogens with one attached hydrogen (secondary N) is 1. The molecule has 1 amide bonds. The summed E-state index contributed by atoms with van der Waals surface area (Å²) >= 11 is 5.80. The average molecular weight is 294 g/mol. The fourth-order valence-corrected chi connectivity index (χ4v) is 3.04. The quantitative estimate of drug-likeness (QED) is 0.847. The minimum atomic E-state index is -0.761. The van der Waals surface area contributed by atoms with Crippen LogP contribution in [0.15, 0.2) is 24.3 Å². The zero-order chi connectivity index (χ0) is 14.2. The van der Waals surface area contributed by atoms with Crippen LogP contribution in [0, 0.1) is 11.3 Å². The van der Waals surface area contributed by atoms with E-state index in [-0.39, 0.29) is 12.3 Å². The molecule has 0 heterocycles. The Balaban J connectivity index is 1.47. The number of hydrogen-bond donors (Lipinski definition) is 2. The summed E-state index contributed by atoms with van der Waals surface area (Å²) in [6.07, 6.45) is 4.49. The fraction of sp³-hybridized carbons (Fsp3) is 0.562. The summed E-state index contributed by atoms with van der Waals surface area (Å²) in [5.74, 6) is 0.767. The van der Waals surface area contributed by atoms with E-state index in [1.807, 2.05) is 0 Å². The third-order valence-electron chi connectivity index (χ3n) is 4.61. The first-order valence-corrected chi connectivity index (χ1v) is 7.67. The summed E-state index contributed by atoms with van der Waals surface area (Å²) in [5, 5.41) is 13.7. The van der Waals surface area contributed by atoms with Crippen molar-refractivity contribution >= 4 is 17.5 Å². The van der Waals surface area contributed by atoms with Gasteiger partial charge in [0.25, 0.3) is 0 Å². The van der Waals surface area contributed by atoms with Gasteiger partial charge in [0.05, 0.1) is 12.5 Å². The summed E-state index contributed by atoms with van der Waals surface area (Å²) in [7, 11) is 0. The number of hydrogen-bond acceptors (Lipinski definition) is 2. The molecule has 3 nitrogen and oxygen atoms in total. The molecule has 2 N–H and O–H groups in total. The van der Waals surface area contributed by atoms with Crippen molar-refractivity contribution in [1.29, 1.82) is 0 Å². The van der Waals surface area contributed by atoms with Crippen LogP contribution >= 0.6 is 11.6 Å². The molecule has 0 aliphatic heterocycles. The number of aliphatic hydroxyl groups excluding tert-OH is 1. The topological polar surface area (TPSA) is 49.3 Å². The van der Waals surface area contributed by atoms with E-state index in [0.717, 1.165) is 18.0 Å². The Labute approximate surface area is 124 Å². The minimum absolute atomic E-state index is 0.0700. The van der Waals surface area contributed by atoms with E-state index in [2.05, 4.69) is 5.32 Å². The van der Waals surface area contributed by atoms with Gasteiger partial charge in [-0.25, -0.2) is 0 Å². The van der Waals surface area contributed by atoms with Crippen molar-refractivity contribution in [1.82, 2.24) is 5.32 Å². The molecule has 1 aromatic rings. The Bertz CT molecular complexity index is 492. The van der Waals surface area contributed by atoms with Gasteiger partial charge in [0, 0.05) is 11.6 Å². The van der Waals surface area contributed by atoms with E-state index < -0.39 is 6.10 Å². The number of carbonyl (C=O) groups excluding carboxylic acids is 1. The Hall–Kier alpha value is -1.06. The van der Waals surface area contributed by atoms with E-state index in [9.17, 15) is 9.90 Å². The van der Waals surface area contributed by atoms with Gasteiger partial charge in [0.15, 0.2) is 0 Å². The molecule has 2 fully saturated rings. The summed E-state index contributed by atoms with van der Waals surface area (Å²) in [4.78, 5) is 11.9. The summed E-state index contributed by atoms with van der Waals surface area (Å²) in [6, 6.07) is 6.97. The molecule has 1 unspecified atom stereocenters. The second kappa shape index (κ2) is 5.38. The number of rotatable bonds is 6. The Morgan fingerprint density at radius 2 is 2.00 bits per heavy atom. The number of benzene rings is 1. The van der Waals surface area contributed by atoms with Crippen LogP contribution in [0.1, 0.15) is 43.8 Å². The van der Waals surface area contributed by atoms with Gasteiger partial charge in [-0.05, 0) is 54.7 Å². The van der Waals surface area contributed by atoms with Gasteiger partial charge in [-0.1, -0.05) is 23.7 Å². The largest absolute Gasteiger partial charge is 0.388 e. The molecule has 0 bridgehead atoms. The Morgan fingerprint density at radius 3 is 2.55 bits per heavy atom. The molecular weight excluding hydrogens is 274 g/mol. The first-order valence-electron chi connectivity index (χ1n) is 7.29. The van der Waals surface area contributed by atoms with E-state index >= 15 is 0 Å². The molecule has 20 heavy (non-hydrogen) atoms. The molecule has 0 spiro atoms. The van der Waals surface area contributed by atoms with E-state index in [1.165, 1.54) is 25.7 Å². The second-order valence-electron chi connectivity index (χ2n) is 6.18. The maximum Gasteiger partial charge on any atom is 0.222 e. The predicted molar refractivity (Wildman–Crippen MR) is 78.4 cm³/mol. The van der Waals surface area contributed by atoms with Crippen LogP contribution in [0.3, 0.4) is 0 Å². The van der Waals surface area contributed by atoms with Crippen molar-refractivity contribution in [3.8, 4) is 0 Å². The van der Waals surface area contributed by atoms with E-state index in [0.29, 0.717) is 10.4 Å². The van der Waals surface area contributed by atoms with Crippen LogP contribution in [-0.2, 0) is 4.79 Å². The van der Waals surface area contributed by atoms with Gasteiger partial charge in [-0.2, -0.15) is 0 Å². The number of amides is 1. The average Bonchev–Trinajstić information content (AvgIpc) is 3.28. The minimum Gasteiger partial charge on any atom is -0.388 e. The smallest absolute Gasteiger partial charge is 0.222 e. The summed E-state index contributed by atoms with van der Waals surface area (Å²) in [5.41, 5.74) is 1.13. The number of halogens is 1. The van der Waals surface area contributed by atoms with Crippen molar-refractivity contribution in [3.63, 3.8) is 0 Å². The first kappa shape index (κ1) is 13.9. The van der Waals surface area contributed by atoms with Crippen molar-refractivity contribution in [2.75, 3.05) is 6.54 Å². The van der Waals surface area contributed by atoms with Gasteiger partial charge < -0.3 is 10.4 Å². The molecule has 1 atom stereocenters. The van der Waals surface area contributed by atoms with Crippen LogP contribution in [0.5, 0.6) is 0 Å². The highest BCUT2D eigenvalue weighted by Gasteiger charge is 2.53. The highest BCUT2D eigenvalue weighted by molar-refractivity contribution is 6.30. The Morgan fingerprint density at radius 1 is 1.35 bits per heavy atom. The van der Waals surface area contributed by atoms with Gasteiger partial charge in [0.2, 0.25) is 5.91 Å². The lowest BCUT2D eigenvalue weighted by Crippen LogP contribution is -2.32. The van der Waals surface area contributed by atoms with Crippen molar-refractivity contribution in [2.45, 2.75) is 38.2 Å². The van der Waals surface area contributed by atoms with Crippen LogP contribution in [-0.4, -0.2) is 17.6 Å². The highest BCUT2D eigenvalue weighted by atomic mass is 35.5. The van der Waals surface area contributed by atoms with Crippen molar-refractivity contribution in [2.24, 2.45) is 11.3 Å². The first-order chi connectivity index (χ1) is 9.59. The molecule has 2 aliphatic rings. The van der Waals surface area contributed by atoms with E-state index in [1.54, 1.807) is 24.3 Å². The monoisotopic (exact) mass is 293 g/mol. The molecule has 3 rings (SSSR count). The molecule has 0 radical (unpaired) electrons. The molecule has 4 heteroatoms. The molecular formula is C16H20ClNO2. The molecule has 1 aromatic carbocycles. The number of aliphatic hydroxyl groups is 1. The molecule has 0 aromatic heterocycles. The molecule has 2 saturated carbocycles. The zero-order valence-electron chi connectivity index (χ0n) is 11.4. The maximum absolute atomic E-state index is 11.9. The third kappa shape index (κ3) is 3.15.